The smallest absolute Gasteiger partial charge is 0.165 e. The molecule has 0 atom stereocenters. The number of aromatic amines is 1. The standard InChI is InChI=1S/C14H18FN3O/c1-19-13-6-5-10(8-11(13)15)12-9-17-14(18-12)4-2-3-7-16/h5-6,8-9H,2-4,7,16H2,1H3,(H,17,18). The molecule has 0 fully saturated rings. The zero-order chi connectivity index (χ0) is 13.7. The van der Waals surface area contributed by atoms with E-state index >= 15 is 0 Å². The van der Waals surface area contributed by atoms with Gasteiger partial charge in [-0.3, -0.25) is 0 Å². The Kier molecular flexibility index (Phi) is 4.52. The highest BCUT2D eigenvalue weighted by molar-refractivity contribution is 5.59. The van der Waals surface area contributed by atoms with Gasteiger partial charge in [-0.2, -0.15) is 0 Å². The fraction of sp³-hybridized carbons (Fsp3) is 0.357. The summed E-state index contributed by atoms with van der Waals surface area (Å²) in [4.78, 5) is 7.48. The first kappa shape index (κ1) is 13.5. The molecule has 0 unspecified atom stereocenters. The maximum absolute atomic E-state index is 13.6. The van der Waals surface area contributed by atoms with E-state index in [0.717, 1.165) is 36.3 Å². The second kappa shape index (κ2) is 6.33. The highest BCUT2D eigenvalue weighted by Gasteiger charge is 2.07. The number of nitrogens with one attached hydrogen (secondary N) is 1. The molecule has 0 saturated carbocycles. The van der Waals surface area contributed by atoms with Gasteiger partial charge in [0.2, 0.25) is 0 Å². The lowest BCUT2D eigenvalue weighted by Gasteiger charge is -2.03. The molecule has 1 heterocycles. The van der Waals surface area contributed by atoms with E-state index in [1.807, 2.05) is 0 Å². The predicted molar refractivity (Wildman–Crippen MR) is 72.5 cm³/mol. The number of imidazole rings is 1. The van der Waals surface area contributed by atoms with Crippen LogP contribution in [0.4, 0.5) is 4.39 Å². The monoisotopic (exact) mass is 263 g/mol. The number of unbranched alkanes of at least 4 members (excludes halogenated alkanes) is 1. The van der Waals surface area contributed by atoms with Crippen molar-refractivity contribution in [3.63, 3.8) is 0 Å². The Labute approximate surface area is 111 Å². The van der Waals surface area contributed by atoms with Crippen molar-refractivity contribution in [1.82, 2.24) is 9.97 Å². The molecule has 3 N–H and O–H groups in total. The Morgan fingerprint density at radius 1 is 1.37 bits per heavy atom. The first-order chi connectivity index (χ1) is 9.24. The zero-order valence-corrected chi connectivity index (χ0v) is 10.9. The maximum Gasteiger partial charge on any atom is 0.165 e. The van der Waals surface area contributed by atoms with E-state index < -0.39 is 0 Å². The van der Waals surface area contributed by atoms with Crippen molar-refractivity contribution in [2.45, 2.75) is 19.3 Å². The molecule has 1 aromatic heterocycles. The summed E-state index contributed by atoms with van der Waals surface area (Å²) >= 11 is 0. The van der Waals surface area contributed by atoms with Crippen LogP contribution in [0.15, 0.2) is 24.4 Å². The normalized spacial score (nSPS) is 10.7. The average Bonchev–Trinajstić information content (AvgIpc) is 2.88. The number of aromatic nitrogens is 2. The lowest BCUT2D eigenvalue weighted by atomic mass is 10.1. The van der Waals surface area contributed by atoms with E-state index in [0.29, 0.717) is 6.54 Å². The summed E-state index contributed by atoms with van der Waals surface area (Å²) in [6.07, 6.45) is 4.56. The van der Waals surface area contributed by atoms with Crippen LogP contribution in [0.2, 0.25) is 0 Å². The quantitative estimate of drug-likeness (QED) is 0.787. The molecule has 19 heavy (non-hydrogen) atoms. The molecule has 0 aliphatic carbocycles. The Morgan fingerprint density at radius 2 is 2.21 bits per heavy atom. The SMILES string of the molecule is COc1ccc(-c2cnc(CCCCN)[nH]2)cc1F. The summed E-state index contributed by atoms with van der Waals surface area (Å²) in [5.74, 6) is 0.769. The molecule has 0 aliphatic rings. The van der Waals surface area contributed by atoms with Gasteiger partial charge in [0.05, 0.1) is 19.0 Å². The highest BCUT2D eigenvalue weighted by Crippen LogP contribution is 2.24. The molecule has 1 aromatic carbocycles. The van der Waals surface area contributed by atoms with E-state index in [9.17, 15) is 4.39 Å². The molecule has 0 aliphatic heterocycles. The van der Waals surface area contributed by atoms with Gasteiger partial charge in [-0.1, -0.05) is 0 Å². The summed E-state index contributed by atoms with van der Waals surface area (Å²) in [7, 11) is 1.45. The Hall–Kier alpha value is -1.88. The Bertz CT molecular complexity index is 539. The number of nitrogens with two attached hydrogens (primary N) is 1. The number of H-pyrrole nitrogens is 1. The van der Waals surface area contributed by atoms with Crippen LogP contribution < -0.4 is 10.5 Å². The predicted octanol–water partition coefficient (Wildman–Crippen LogP) is 2.51. The Morgan fingerprint density at radius 3 is 2.89 bits per heavy atom. The number of aryl methyl sites for hydroxylation is 1. The van der Waals surface area contributed by atoms with E-state index in [-0.39, 0.29) is 11.6 Å². The lowest BCUT2D eigenvalue weighted by Crippen LogP contribution is -1.99. The third-order valence-corrected chi connectivity index (χ3v) is 2.96. The molecule has 0 spiro atoms. The molecule has 5 heteroatoms. The Balaban J connectivity index is 2.11. The van der Waals surface area contributed by atoms with Crippen molar-refractivity contribution in [1.29, 1.82) is 0 Å². The second-order valence-electron chi connectivity index (χ2n) is 4.34. The molecular formula is C14H18FN3O. The van der Waals surface area contributed by atoms with Gasteiger partial charge in [-0.15, -0.1) is 0 Å². The van der Waals surface area contributed by atoms with Gasteiger partial charge in [0.25, 0.3) is 0 Å². The molecule has 0 amide bonds. The van der Waals surface area contributed by atoms with Gasteiger partial charge in [0, 0.05) is 12.0 Å². The van der Waals surface area contributed by atoms with Gasteiger partial charge in [0.1, 0.15) is 5.82 Å². The molecule has 0 radical (unpaired) electrons. The van der Waals surface area contributed by atoms with Gasteiger partial charge < -0.3 is 15.5 Å². The van der Waals surface area contributed by atoms with Gasteiger partial charge in [-0.05, 0) is 37.6 Å². The minimum Gasteiger partial charge on any atom is -0.494 e. The number of rotatable bonds is 6. The number of hydrogen-bond acceptors (Lipinski definition) is 3. The second-order valence-corrected chi connectivity index (χ2v) is 4.34. The van der Waals surface area contributed by atoms with E-state index in [4.69, 9.17) is 10.5 Å². The van der Waals surface area contributed by atoms with Crippen molar-refractivity contribution in [2.24, 2.45) is 5.73 Å². The van der Waals surface area contributed by atoms with E-state index in [1.165, 1.54) is 13.2 Å². The molecule has 102 valence electrons. The topological polar surface area (TPSA) is 63.9 Å². The fourth-order valence-electron chi connectivity index (χ4n) is 1.91. The number of hydrogen-bond donors (Lipinski definition) is 2. The van der Waals surface area contributed by atoms with Crippen LogP contribution in [-0.4, -0.2) is 23.6 Å². The van der Waals surface area contributed by atoms with Crippen molar-refractivity contribution < 1.29 is 9.13 Å². The highest BCUT2D eigenvalue weighted by atomic mass is 19.1. The summed E-state index contributed by atoms with van der Waals surface area (Å²) in [5, 5.41) is 0. The molecule has 2 aromatic rings. The zero-order valence-electron chi connectivity index (χ0n) is 10.9. The van der Waals surface area contributed by atoms with Crippen molar-refractivity contribution in [2.75, 3.05) is 13.7 Å². The van der Waals surface area contributed by atoms with Crippen LogP contribution in [0, 0.1) is 5.82 Å². The third-order valence-electron chi connectivity index (χ3n) is 2.96. The van der Waals surface area contributed by atoms with Crippen LogP contribution >= 0.6 is 0 Å². The fourth-order valence-corrected chi connectivity index (χ4v) is 1.91. The molecule has 0 bridgehead atoms. The minimum atomic E-state index is -0.376. The summed E-state index contributed by atoms with van der Waals surface area (Å²) in [6, 6.07) is 4.86. The van der Waals surface area contributed by atoms with Crippen LogP contribution in [0.3, 0.4) is 0 Å². The third kappa shape index (κ3) is 3.32. The van der Waals surface area contributed by atoms with Crippen LogP contribution in [0.25, 0.3) is 11.3 Å². The van der Waals surface area contributed by atoms with Crippen molar-refractivity contribution >= 4 is 0 Å². The summed E-state index contributed by atoms with van der Waals surface area (Å²) in [6.45, 7) is 0.692. The van der Waals surface area contributed by atoms with E-state index in [2.05, 4.69) is 9.97 Å². The number of halogens is 1. The van der Waals surface area contributed by atoms with Crippen LogP contribution in [-0.2, 0) is 6.42 Å². The summed E-state index contributed by atoms with van der Waals surface area (Å²) < 4.78 is 18.5. The average molecular weight is 263 g/mol. The summed E-state index contributed by atoms with van der Waals surface area (Å²) in [5.41, 5.74) is 7.02. The number of nitrogens with zero attached hydrogens (tertiary/aromatic N) is 1. The minimum absolute atomic E-state index is 0.242. The van der Waals surface area contributed by atoms with Crippen molar-refractivity contribution in [3.8, 4) is 17.0 Å². The molecule has 4 nitrogen and oxygen atoms in total. The first-order valence-electron chi connectivity index (χ1n) is 6.32. The molecule has 2 rings (SSSR count). The molecular weight excluding hydrogens is 245 g/mol. The first-order valence-corrected chi connectivity index (χ1v) is 6.32. The maximum atomic E-state index is 13.6. The lowest BCUT2D eigenvalue weighted by molar-refractivity contribution is 0.386. The van der Waals surface area contributed by atoms with Gasteiger partial charge in [-0.25, -0.2) is 9.37 Å². The van der Waals surface area contributed by atoms with Crippen LogP contribution in [0.1, 0.15) is 18.7 Å². The van der Waals surface area contributed by atoms with Gasteiger partial charge in [0.15, 0.2) is 11.6 Å². The number of benzene rings is 1. The molecule has 0 saturated heterocycles. The largest absolute Gasteiger partial charge is 0.494 e. The number of ether oxygens (including phenoxy) is 1. The number of methoxy groups -OCH3 is 1. The van der Waals surface area contributed by atoms with Crippen molar-refractivity contribution in [3.05, 3.63) is 36.0 Å². The van der Waals surface area contributed by atoms with Crippen LogP contribution in [0.5, 0.6) is 5.75 Å². The van der Waals surface area contributed by atoms with E-state index in [1.54, 1.807) is 18.3 Å². The van der Waals surface area contributed by atoms with Gasteiger partial charge >= 0.3 is 0 Å².